The van der Waals surface area contributed by atoms with E-state index >= 15 is 0 Å². The average molecular weight is 248 g/mol. The predicted molar refractivity (Wildman–Crippen MR) is 56.6 cm³/mol. The maximum Gasteiger partial charge on any atom is 0.497 e. The van der Waals surface area contributed by atoms with Crippen molar-refractivity contribution in [1.82, 2.24) is 0 Å². The Morgan fingerprint density at radius 3 is 2.69 bits per heavy atom. The van der Waals surface area contributed by atoms with Gasteiger partial charge in [0.15, 0.2) is 0 Å². The van der Waals surface area contributed by atoms with Crippen molar-refractivity contribution >= 4 is 30.2 Å². The molecule has 1 aliphatic rings. The molecule has 0 bridgehead atoms. The second-order valence-corrected chi connectivity index (χ2v) is 4.10. The van der Waals surface area contributed by atoms with E-state index in [9.17, 15) is 17.7 Å². The van der Waals surface area contributed by atoms with Gasteiger partial charge >= 0.3 is 6.98 Å². The van der Waals surface area contributed by atoms with Crippen molar-refractivity contribution in [1.29, 1.82) is 0 Å². The maximum atomic E-state index is 12.3. The van der Waals surface area contributed by atoms with E-state index in [1.165, 1.54) is 6.07 Å². The number of anilines is 1. The Bertz CT molecular complexity index is 449. The molecule has 1 amide bonds. The van der Waals surface area contributed by atoms with Crippen LogP contribution in [0.1, 0.15) is 5.56 Å². The number of amides is 1. The highest BCUT2D eigenvalue weighted by Crippen LogP contribution is 2.32. The Morgan fingerprint density at radius 1 is 1.38 bits per heavy atom. The summed E-state index contributed by atoms with van der Waals surface area (Å²) >= 11 is 5.69. The smallest absolute Gasteiger partial charge is 0.448 e. The van der Waals surface area contributed by atoms with E-state index in [0.717, 1.165) is 4.90 Å². The minimum absolute atomic E-state index is 0.0126. The zero-order valence-corrected chi connectivity index (χ0v) is 8.85. The number of rotatable bonds is 2. The molecule has 1 aromatic carbocycles. The van der Waals surface area contributed by atoms with E-state index in [2.05, 4.69) is 0 Å². The van der Waals surface area contributed by atoms with Crippen LogP contribution in [0, 0.1) is 0 Å². The fraction of sp³-hybridized carbons (Fsp3) is 0.222. The van der Waals surface area contributed by atoms with E-state index in [4.69, 9.17) is 11.6 Å². The first-order valence-corrected chi connectivity index (χ1v) is 5.04. The molecular weight excluding hydrogens is 241 g/mol. The van der Waals surface area contributed by atoms with Gasteiger partial charge < -0.3 is 17.8 Å². The molecule has 1 aliphatic heterocycles. The lowest BCUT2D eigenvalue weighted by atomic mass is 9.91. The summed E-state index contributed by atoms with van der Waals surface area (Å²) in [4.78, 5) is 12.2. The van der Waals surface area contributed by atoms with Crippen molar-refractivity contribution in [2.24, 2.45) is 0 Å². The summed E-state index contributed by atoms with van der Waals surface area (Å²) in [6.07, 6.45) is -1.19. The summed E-state index contributed by atoms with van der Waals surface area (Å²) in [6.45, 7) is -5.03. The highest BCUT2D eigenvalue weighted by Gasteiger charge is 2.34. The molecule has 1 aromatic rings. The summed E-state index contributed by atoms with van der Waals surface area (Å²) in [5.41, 5.74) is 0.867. The van der Waals surface area contributed by atoms with Crippen molar-refractivity contribution in [3.05, 3.63) is 28.8 Å². The van der Waals surface area contributed by atoms with Gasteiger partial charge in [0.05, 0.1) is 6.42 Å². The van der Waals surface area contributed by atoms with Crippen molar-refractivity contribution in [3.63, 3.8) is 0 Å². The summed E-state index contributed by atoms with van der Waals surface area (Å²) in [6, 6.07) is 4.54. The Balaban J connectivity index is 2.35. The third-order valence-electron chi connectivity index (χ3n) is 2.37. The first-order chi connectivity index (χ1) is 7.37. The summed E-state index contributed by atoms with van der Waals surface area (Å²) in [5.74, 6) is -0.531. The van der Waals surface area contributed by atoms with Gasteiger partial charge in [-0.2, -0.15) is 0 Å². The second-order valence-electron chi connectivity index (χ2n) is 3.66. The number of hydrogen-bond donors (Lipinski definition) is 0. The summed E-state index contributed by atoms with van der Waals surface area (Å²) in [7, 11) is 0. The van der Waals surface area contributed by atoms with Crippen molar-refractivity contribution in [2.75, 3.05) is 11.3 Å². The summed E-state index contributed by atoms with van der Waals surface area (Å²) in [5, 5.41) is 0.327. The van der Waals surface area contributed by atoms with Gasteiger partial charge in [-0.25, -0.2) is 0 Å². The van der Waals surface area contributed by atoms with Crippen LogP contribution in [0.25, 0.3) is 0 Å². The largest absolute Gasteiger partial charge is 0.497 e. The van der Waals surface area contributed by atoms with Gasteiger partial charge in [0, 0.05) is 10.7 Å². The number of carbonyl (C=O) groups excluding carboxylic acids is 1. The third-order valence-corrected chi connectivity index (χ3v) is 2.61. The lowest BCUT2D eigenvalue weighted by molar-refractivity contribution is -0.117. The van der Waals surface area contributed by atoms with Gasteiger partial charge in [0.2, 0.25) is 5.91 Å². The third kappa shape index (κ3) is 2.16. The molecule has 0 aromatic heterocycles. The van der Waals surface area contributed by atoms with Gasteiger partial charge in [0.25, 0.3) is 0 Å². The lowest BCUT2D eigenvalue weighted by Crippen LogP contribution is -2.39. The fourth-order valence-corrected chi connectivity index (χ4v) is 1.90. The fourth-order valence-electron chi connectivity index (χ4n) is 1.74. The molecule has 0 N–H and O–H groups in total. The van der Waals surface area contributed by atoms with Crippen molar-refractivity contribution in [2.45, 2.75) is 6.42 Å². The predicted octanol–water partition coefficient (Wildman–Crippen LogP) is 2.62. The zero-order valence-electron chi connectivity index (χ0n) is 8.09. The van der Waals surface area contributed by atoms with Crippen molar-refractivity contribution in [3.8, 4) is 0 Å². The molecule has 0 spiro atoms. The van der Waals surface area contributed by atoms with Crippen LogP contribution in [0.15, 0.2) is 18.2 Å². The SMILES string of the molecule is O=C1Cc2ccc(Cl)cc2N1C[B-](F)(F)F. The monoisotopic (exact) mass is 248 g/mol. The molecule has 86 valence electrons. The van der Waals surface area contributed by atoms with Crippen LogP contribution in [0.3, 0.4) is 0 Å². The van der Waals surface area contributed by atoms with Gasteiger partial charge in [-0.1, -0.05) is 17.7 Å². The molecule has 2 rings (SSSR count). The van der Waals surface area contributed by atoms with E-state index in [1.54, 1.807) is 12.1 Å². The number of fused-ring (bicyclic) bond motifs is 1. The zero-order chi connectivity index (χ0) is 11.9. The van der Waals surface area contributed by atoms with E-state index in [-0.39, 0.29) is 12.1 Å². The maximum absolute atomic E-state index is 12.3. The molecule has 1 heterocycles. The number of hydrogen-bond acceptors (Lipinski definition) is 1. The molecule has 0 unspecified atom stereocenters. The van der Waals surface area contributed by atoms with Crippen LogP contribution in [0.4, 0.5) is 18.6 Å². The molecule has 2 nitrogen and oxygen atoms in total. The molecular formula is C9H7BClF3NO-. The number of nitrogens with zero attached hydrogens (tertiary/aromatic N) is 1. The van der Waals surface area contributed by atoms with E-state index < -0.39 is 19.3 Å². The van der Waals surface area contributed by atoms with Crippen LogP contribution >= 0.6 is 11.6 Å². The Labute approximate surface area is 95.0 Å². The highest BCUT2D eigenvalue weighted by atomic mass is 35.5. The van der Waals surface area contributed by atoms with Crippen LogP contribution < -0.4 is 4.90 Å². The minimum atomic E-state index is -5.03. The Kier molecular flexibility index (Phi) is 2.62. The van der Waals surface area contributed by atoms with Gasteiger partial charge in [0.1, 0.15) is 0 Å². The molecule has 0 aliphatic carbocycles. The first kappa shape index (κ1) is 11.3. The number of carbonyl (C=O) groups is 1. The van der Waals surface area contributed by atoms with Crippen LogP contribution in [0.2, 0.25) is 5.02 Å². The molecule has 7 heteroatoms. The number of benzene rings is 1. The first-order valence-electron chi connectivity index (χ1n) is 4.66. The molecule has 0 saturated carbocycles. The van der Waals surface area contributed by atoms with Crippen LogP contribution in [-0.4, -0.2) is 19.3 Å². The average Bonchev–Trinajstić information content (AvgIpc) is 2.42. The topological polar surface area (TPSA) is 20.3 Å². The van der Waals surface area contributed by atoms with Crippen LogP contribution in [0.5, 0.6) is 0 Å². The standard InChI is InChI=1S/C9H7BClF3NO/c11-7-2-1-6-3-9(16)15(8(6)4-7)5-10(12,13)14/h1-2,4H,3,5H2/q-1. The quantitative estimate of drug-likeness (QED) is 0.737. The van der Waals surface area contributed by atoms with Gasteiger partial charge in [-0.3, -0.25) is 4.79 Å². The lowest BCUT2D eigenvalue weighted by Gasteiger charge is -2.24. The molecule has 0 saturated heterocycles. The second kappa shape index (κ2) is 3.70. The van der Waals surface area contributed by atoms with Gasteiger partial charge in [-0.15, -0.1) is 0 Å². The Hall–Kier alpha value is -1.17. The molecule has 0 atom stereocenters. The minimum Gasteiger partial charge on any atom is -0.448 e. The number of halogens is 4. The highest BCUT2D eigenvalue weighted by molar-refractivity contribution is 6.59. The van der Waals surface area contributed by atoms with E-state index in [0.29, 0.717) is 10.6 Å². The molecule has 0 fully saturated rings. The Morgan fingerprint density at radius 2 is 2.06 bits per heavy atom. The van der Waals surface area contributed by atoms with E-state index in [1.807, 2.05) is 0 Å². The van der Waals surface area contributed by atoms with Crippen molar-refractivity contribution < 1.29 is 17.7 Å². The normalized spacial score (nSPS) is 15.5. The van der Waals surface area contributed by atoms with Crippen LogP contribution in [-0.2, 0) is 11.2 Å². The van der Waals surface area contributed by atoms with Gasteiger partial charge in [-0.05, 0) is 24.1 Å². The molecule has 0 radical (unpaired) electrons. The summed E-state index contributed by atoms with van der Waals surface area (Å²) < 4.78 is 36.9. The molecule has 16 heavy (non-hydrogen) atoms.